The molecule has 2 aliphatic rings. The van der Waals surface area contributed by atoms with Crippen LogP contribution >= 0.6 is 0 Å². The lowest BCUT2D eigenvalue weighted by molar-refractivity contribution is -0.116. The Kier molecular flexibility index (Phi) is 13.8. The second-order valence-electron chi connectivity index (χ2n) is 11.5. The molecule has 0 aromatic heterocycles. The average molecular weight is 468 g/mol. The van der Waals surface area contributed by atoms with Crippen molar-refractivity contribution in [1.29, 1.82) is 0 Å². The molecule has 0 radical (unpaired) electrons. The molecule has 2 fully saturated rings. The third-order valence-electron chi connectivity index (χ3n) is 8.54. The Morgan fingerprint density at radius 1 is 0.618 bits per heavy atom. The number of nitrogens with one attached hydrogen (secondary N) is 1. The lowest BCUT2D eigenvalue weighted by Crippen LogP contribution is -2.11. The van der Waals surface area contributed by atoms with Crippen LogP contribution in [0, 0.1) is 11.8 Å². The van der Waals surface area contributed by atoms with Gasteiger partial charge in [0.2, 0.25) is 5.91 Å². The average Bonchev–Trinajstić information content (AvgIpc) is 3.23. The van der Waals surface area contributed by atoms with Crippen molar-refractivity contribution >= 4 is 11.6 Å². The van der Waals surface area contributed by atoms with E-state index in [0.717, 1.165) is 23.9 Å². The monoisotopic (exact) mass is 467 g/mol. The first-order valence-electron chi connectivity index (χ1n) is 15.2. The van der Waals surface area contributed by atoms with Crippen LogP contribution < -0.4 is 5.32 Å². The van der Waals surface area contributed by atoms with Crippen LogP contribution in [0.25, 0.3) is 0 Å². The van der Waals surface area contributed by atoms with Crippen LogP contribution in [0.3, 0.4) is 0 Å². The first kappa shape index (κ1) is 27.3. The topological polar surface area (TPSA) is 29.1 Å². The molecule has 2 aliphatic carbocycles. The van der Waals surface area contributed by atoms with Gasteiger partial charge >= 0.3 is 0 Å². The molecule has 0 unspecified atom stereocenters. The van der Waals surface area contributed by atoms with Crippen LogP contribution in [-0.2, 0) is 11.2 Å². The Balaban J connectivity index is 1.13. The van der Waals surface area contributed by atoms with Crippen molar-refractivity contribution in [2.45, 2.75) is 148 Å². The summed E-state index contributed by atoms with van der Waals surface area (Å²) in [4.78, 5) is 12.3. The van der Waals surface area contributed by atoms with Gasteiger partial charge in [-0.15, -0.1) is 0 Å². The summed E-state index contributed by atoms with van der Waals surface area (Å²) in [5, 5.41) is 3.09. The van der Waals surface area contributed by atoms with Gasteiger partial charge in [-0.3, -0.25) is 4.79 Å². The van der Waals surface area contributed by atoms with E-state index in [9.17, 15) is 4.79 Å². The van der Waals surface area contributed by atoms with E-state index in [1.165, 1.54) is 140 Å². The number of unbranched alkanes of at least 4 members (excludes halogenated alkanes) is 8. The van der Waals surface area contributed by atoms with Crippen LogP contribution in [0.15, 0.2) is 24.3 Å². The number of hydrogen-bond donors (Lipinski definition) is 1. The SMILES string of the molecule is O=C(CCCCCCCCCCCC1CCCC1)Nc1ccc(CCC2CCCCCC2)cc1. The molecule has 0 aliphatic heterocycles. The molecular formula is C32H53NO. The van der Waals surface area contributed by atoms with Crippen LogP contribution in [0.2, 0.25) is 0 Å². The molecule has 1 aromatic rings. The Labute approximate surface area is 211 Å². The summed E-state index contributed by atoms with van der Waals surface area (Å²) in [5.74, 6) is 2.17. The third kappa shape index (κ3) is 11.9. The van der Waals surface area contributed by atoms with Gasteiger partial charge in [0.25, 0.3) is 0 Å². The summed E-state index contributed by atoms with van der Waals surface area (Å²) < 4.78 is 0. The van der Waals surface area contributed by atoms with Gasteiger partial charge in [0.05, 0.1) is 0 Å². The smallest absolute Gasteiger partial charge is 0.224 e. The van der Waals surface area contributed by atoms with Gasteiger partial charge in [-0.1, -0.05) is 134 Å². The van der Waals surface area contributed by atoms with Crippen LogP contribution in [0.4, 0.5) is 5.69 Å². The lowest BCUT2D eigenvalue weighted by Gasteiger charge is -2.13. The molecular weight excluding hydrogens is 414 g/mol. The summed E-state index contributed by atoms with van der Waals surface area (Å²) in [7, 11) is 0. The predicted octanol–water partition coefficient (Wildman–Crippen LogP) is 10.0. The molecule has 34 heavy (non-hydrogen) atoms. The number of aryl methyl sites for hydroxylation is 1. The molecule has 1 amide bonds. The lowest BCUT2D eigenvalue weighted by atomic mass is 9.93. The van der Waals surface area contributed by atoms with Crippen molar-refractivity contribution in [1.82, 2.24) is 0 Å². The molecule has 2 heteroatoms. The number of hydrogen-bond acceptors (Lipinski definition) is 1. The second-order valence-corrected chi connectivity index (χ2v) is 11.5. The summed E-state index contributed by atoms with van der Waals surface area (Å²) in [6, 6.07) is 8.60. The molecule has 1 aromatic carbocycles. The number of anilines is 1. The van der Waals surface area contributed by atoms with Gasteiger partial charge in [0, 0.05) is 12.1 Å². The van der Waals surface area contributed by atoms with Gasteiger partial charge in [-0.2, -0.15) is 0 Å². The van der Waals surface area contributed by atoms with Crippen molar-refractivity contribution in [3.05, 3.63) is 29.8 Å². The quantitative estimate of drug-likeness (QED) is 0.190. The summed E-state index contributed by atoms with van der Waals surface area (Å²) in [6.45, 7) is 0. The summed E-state index contributed by atoms with van der Waals surface area (Å²) >= 11 is 0. The van der Waals surface area contributed by atoms with Gasteiger partial charge in [0.15, 0.2) is 0 Å². The summed E-state index contributed by atoms with van der Waals surface area (Å²) in [5.41, 5.74) is 2.37. The Hall–Kier alpha value is -1.31. The molecule has 0 bridgehead atoms. The normalized spacial score (nSPS) is 17.6. The van der Waals surface area contributed by atoms with E-state index in [-0.39, 0.29) is 5.91 Å². The van der Waals surface area contributed by atoms with Crippen LogP contribution in [-0.4, -0.2) is 5.91 Å². The van der Waals surface area contributed by atoms with Crippen LogP contribution in [0.1, 0.15) is 147 Å². The maximum absolute atomic E-state index is 12.3. The number of rotatable bonds is 16. The Morgan fingerprint density at radius 2 is 1.12 bits per heavy atom. The standard InChI is InChI=1S/C32H53NO/c34-32(21-13-7-5-3-1-2-4-6-10-16-28-19-14-15-20-28)33-31-26-24-30(25-27-31)23-22-29-17-11-8-9-12-18-29/h24-29H,1-23H2,(H,33,34). The predicted molar refractivity (Wildman–Crippen MR) is 147 cm³/mol. The van der Waals surface area contributed by atoms with Crippen molar-refractivity contribution in [2.24, 2.45) is 11.8 Å². The minimum Gasteiger partial charge on any atom is -0.326 e. The largest absolute Gasteiger partial charge is 0.326 e. The fourth-order valence-corrected chi connectivity index (χ4v) is 6.26. The van der Waals surface area contributed by atoms with Gasteiger partial charge in [-0.25, -0.2) is 0 Å². The second kappa shape index (κ2) is 17.2. The summed E-state index contributed by atoms with van der Waals surface area (Å²) in [6.07, 6.45) is 31.2. The minimum absolute atomic E-state index is 0.175. The van der Waals surface area contributed by atoms with E-state index < -0.39 is 0 Å². The van der Waals surface area contributed by atoms with E-state index in [4.69, 9.17) is 0 Å². The Bertz CT molecular complexity index is 637. The molecule has 0 heterocycles. The Morgan fingerprint density at radius 3 is 1.74 bits per heavy atom. The van der Waals surface area contributed by atoms with E-state index in [1.807, 2.05) is 0 Å². The first-order valence-corrected chi connectivity index (χ1v) is 15.2. The van der Waals surface area contributed by atoms with Crippen molar-refractivity contribution in [3.63, 3.8) is 0 Å². The maximum Gasteiger partial charge on any atom is 0.224 e. The fourth-order valence-electron chi connectivity index (χ4n) is 6.26. The number of carbonyl (C=O) groups excluding carboxylic acids is 1. The van der Waals surface area contributed by atoms with E-state index in [1.54, 1.807) is 0 Å². The molecule has 192 valence electrons. The van der Waals surface area contributed by atoms with Crippen molar-refractivity contribution in [2.75, 3.05) is 5.32 Å². The highest BCUT2D eigenvalue weighted by Crippen LogP contribution is 2.29. The molecule has 1 N–H and O–H groups in total. The van der Waals surface area contributed by atoms with Crippen molar-refractivity contribution in [3.8, 4) is 0 Å². The fraction of sp³-hybridized carbons (Fsp3) is 0.781. The number of carbonyl (C=O) groups is 1. The molecule has 0 atom stereocenters. The zero-order chi connectivity index (χ0) is 23.7. The van der Waals surface area contributed by atoms with E-state index >= 15 is 0 Å². The first-order chi connectivity index (χ1) is 16.8. The maximum atomic E-state index is 12.3. The van der Waals surface area contributed by atoms with E-state index in [2.05, 4.69) is 29.6 Å². The highest BCUT2D eigenvalue weighted by molar-refractivity contribution is 5.90. The van der Waals surface area contributed by atoms with Gasteiger partial charge < -0.3 is 5.32 Å². The zero-order valence-corrected chi connectivity index (χ0v) is 22.1. The molecule has 2 nitrogen and oxygen atoms in total. The molecule has 0 saturated heterocycles. The van der Waals surface area contributed by atoms with Gasteiger partial charge in [0.1, 0.15) is 0 Å². The molecule has 0 spiro atoms. The minimum atomic E-state index is 0.175. The number of benzene rings is 1. The number of amides is 1. The van der Waals surface area contributed by atoms with Crippen LogP contribution in [0.5, 0.6) is 0 Å². The highest BCUT2D eigenvalue weighted by Gasteiger charge is 2.14. The third-order valence-corrected chi connectivity index (χ3v) is 8.54. The highest BCUT2D eigenvalue weighted by atomic mass is 16.1. The molecule has 2 saturated carbocycles. The molecule has 3 rings (SSSR count). The van der Waals surface area contributed by atoms with Gasteiger partial charge in [-0.05, 0) is 48.8 Å². The van der Waals surface area contributed by atoms with E-state index in [0.29, 0.717) is 6.42 Å². The van der Waals surface area contributed by atoms with Crippen molar-refractivity contribution < 1.29 is 4.79 Å². The zero-order valence-electron chi connectivity index (χ0n) is 22.1.